The van der Waals surface area contributed by atoms with Crippen molar-refractivity contribution in [3.8, 4) is 11.6 Å². The van der Waals surface area contributed by atoms with Gasteiger partial charge in [0.25, 0.3) is 5.91 Å². The molecule has 0 spiro atoms. The number of piperazine rings is 1. The lowest BCUT2D eigenvalue weighted by Crippen LogP contribution is -2.50. The molecule has 0 N–H and O–H groups in total. The summed E-state index contributed by atoms with van der Waals surface area (Å²) in [5.41, 5.74) is 0.386. The fourth-order valence-electron chi connectivity index (χ4n) is 3.13. The molecule has 0 unspecified atom stereocenters. The van der Waals surface area contributed by atoms with E-state index in [9.17, 15) is 13.2 Å². The van der Waals surface area contributed by atoms with Gasteiger partial charge in [-0.05, 0) is 50.2 Å². The average Bonchev–Trinajstić information content (AvgIpc) is 2.75. The Hall–Kier alpha value is -2.65. The molecule has 29 heavy (non-hydrogen) atoms. The lowest BCUT2D eigenvalue weighted by atomic mass is 10.2. The first kappa shape index (κ1) is 21.1. The Morgan fingerprint density at radius 1 is 1.00 bits per heavy atom. The van der Waals surface area contributed by atoms with Crippen molar-refractivity contribution in [2.75, 3.05) is 39.4 Å². The van der Waals surface area contributed by atoms with E-state index in [2.05, 4.69) is 4.98 Å². The third kappa shape index (κ3) is 4.68. The Kier molecular flexibility index (Phi) is 6.71. The van der Waals surface area contributed by atoms with Crippen LogP contribution in [0.15, 0.2) is 47.5 Å². The largest absolute Gasteiger partial charge is 0.494 e. The topological polar surface area (TPSA) is 89.0 Å². The molecule has 1 fully saturated rings. The summed E-state index contributed by atoms with van der Waals surface area (Å²) in [4.78, 5) is 18.8. The molecule has 8 nitrogen and oxygen atoms in total. The maximum Gasteiger partial charge on any atom is 0.259 e. The summed E-state index contributed by atoms with van der Waals surface area (Å²) in [7, 11) is -3.62. The number of rotatable bonds is 7. The molecule has 1 aliphatic heterocycles. The Morgan fingerprint density at radius 3 is 2.28 bits per heavy atom. The van der Waals surface area contributed by atoms with Gasteiger partial charge in [-0.2, -0.15) is 4.31 Å². The number of amides is 1. The fourth-order valence-corrected chi connectivity index (χ4v) is 4.55. The monoisotopic (exact) mass is 419 g/mol. The number of hydrogen-bond acceptors (Lipinski definition) is 6. The van der Waals surface area contributed by atoms with E-state index in [1.165, 1.54) is 4.31 Å². The number of pyridine rings is 1. The molecule has 2 heterocycles. The fraction of sp³-hybridized carbons (Fsp3) is 0.400. The van der Waals surface area contributed by atoms with Gasteiger partial charge in [-0.25, -0.2) is 13.4 Å². The first-order valence-electron chi connectivity index (χ1n) is 9.57. The molecule has 0 bridgehead atoms. The zero-order valence-corrected chi connectivity index (χ0v) is 17.4. The summed E-state index contributed by atoms with van der Waals surface area (Å²) in [6.07, 6.45) is 1.57. The number of carbonyl (C=O) groups is 1. The number of nitrogens with zero attached hydrogens (tertiary/aromatic N) is 3. The lowest BCUT2D eigenvalue weighted by molar-refractivity contribution is 0.0692. The first-order valence-corrected chi connectivity index (χ1v) is 11.0. The molecule has 1 amide bonds. The molecule has 0 radical (unpaired) electrons. The van der Waals surface area contributed by atoms with Gasteiger partial charge in [0.15, 0.2) is 0 Å². The summed E-state index contributed by atoms with van der Waals surface area (Å²) in [5, 5.41) is 0. The predicted octanol–water partition coefficient (Wildman–Crippen LogP) is 2.03. The van der Waals surface area contributed by atoms with E-state index in [1.807, 2.05) is 13.8 Å². The Labute approximate surface area is 171 Å². The van der Waals surface area contributed by atoms with Crippen LogP contribution in [0.1, 0.15) is 24.2 Å². The number of sulfonamides is 1. The van der Waals surface area contributed by atoms with Crippen molar-refractivity contribution in [3.05, 3.63) is 48.2 Å². The molecule has 1 aliphatic rings. The zero-order chi connectivity index (χ0) is 20.9. The van der Waals surface area contributed by atoms with Crippen LogP contribution in [0.5, 0.6) is 11.6 Å². The van der Waals surface area contributed by atoms with Gasteiger partial charge in [0, 0.05) is 32.4 Å². The van der Waals surface area contributed by atoms with Crippen molar-refractivity contribution in [1.82, 2.24) is 14.2 Å². The van der Waals surface area contributed by atoms with Gasteiger partial charge < -0.3 is 14.4 Å². The highest BCUT2D eigenvalue weighted by molar-refractivity contribution is 7.89. The molecule has 9 heteroatoms. The molecule has 2 aromatic rings. The molecule has 0 aliphatic carbocycles. The van der Waals surface area contributed by atoms with Crippen molar-refractivity contribution in [2.45, 2.75) is 18.7 Å². The first-order chi connectivity index (χ1) is 14.0. The molecule has 1 aromatic heterocycles. The van der Waals surface area contributed by atoms with Crippen molar-refractivity contribution < 1.29 is 22.7 Å². The van der Waals surface area contributed by atoms with Gasteiger partial charge >= 0.3 is 0 Å². The van der Waals surface area contributed by atoms with Gasteiger partial charge in [0.1, 0.15) is 11.3 Å². The molecule has 3 rings (SSSR count). The summed E-state index contributed by atoms with van der Waals surface area (Å²) >= 11 is 0. The molecule has 0 saturated carbocycles. The summed E-state index contributed by atoms with van der Waals surface area (Å²) in [5.74, 6) is 0.715. The van der Waals surface area contributed by atoms with E-state index in [0.717, 1.165) is 0 Å². The highest BCUT2D eigenvalue weighted by Crippen LogP contribution is 2.22. The van der Waals surface area contributed by atoms with Crippen LogP contribution in [0.3, 0.4) is 0 Å². The van der Waals surface area contributed by atoms with Gasteiger partial charge in [0.2, 0.25) is 15.9 Å². The second-order valence-electron chi connectivity index (χ2n) is 6.39. The van der Waals surface area contributed by atoms with Gasteiger partial charge in [-0.3, -0.25) is 4.79 Å². The van der Waals surface area contributed by atoms with Gasteiger partial charge in [-0.1, -0.05) is 0 Å². The molecule has 1 aromatic carbocycles. The minimum Gasteiger partial charge on any atom is -0.494 e. The SMILES string of the molecule is CCOc1ccc(S(=O)(=O)N2CCN(C(=O)c3cccnc3OCC)CC2)cc1. The molecule has 1 saturated heterocycles. The van der Waals surface area contributed by atoms with E-state index >= 15 is 0 Å². The highest BCUT2D eigenvalue weighted by Gasteiger charge is 2.31. The quantitative estimate of drug-likeness (QED) is 0.682. The van der Waals surface area contributed by atoms with E-state index in [-0.39, 0.29) is 23.9 Å². The summed E-state index contributed by atoms with van der Waals surface area (Å²) in [6.45, 7) is 5.68. The third-order valence-corrected chi connectivity index (χ3v) is 6.49. The van der Waals surface area contributed by atoms with Crippen LogP contribution >= 0.6 is 0 Å². The van der Waals surface area contributed by atoms with Crippen molar-refractivity contribution in [3.63, 3.8) is 0 Å². The second-order valence-corrected chi connectivity index (χ2v) is 8.33. The van der Waals surface area contributed by atoms with E-state index < -0.39 is 10.0 Å². The van der Waals surface area contributed by atoms with E-state index in [4.69, 9.17) is 9.47 Å². The van der Waals surface area contributed by atoms with Crippen LogP contribution < -0.4 is 9.47 Å². The third-order valence-electron chi connectivity index (χ3n) is 4.58. The highest BCUT2D eigenvalue weighted by atomic mass is 32.2. The maximum absolute atomic E-state index is 12.9. The predicted molar refractivity (Wildman–Crippen MR) is 108 cm³/mol. The Morgan fingerprint density at radius 2 is 1.66 bits per heavy atom. The van der Waals surface area contributed by atoms with E-state index in [1.54, 1.807) is 47.5 Å². The average molecular weight is 420 g/mol. The number of benzene rings is 1. The van der Waals surface area contributed by atoms with Crippen LogP contribution in [-0.2, 0) is 10.0 Å². The Bertz CT molecular complexity index is 939. The van der Waals surface area contributed by atoms with Crippen LogP contribution in [0.2, 0.25) is 0 Å². The maximum atomic E-state index is 12.9. The molecular weight excluding hydrogens is 394 g/mol. The van der Waals surface area contributed by atoms with Crippen LogP contribution in [0.25, 0.3) is 0 Å². The zero-order valence-electron chi connectivity index (χ0n) is 16.6. The van der Waals surface area contributed by atoms with Crippen molar-refractivity contribution in [1.29, 1.82) is 0 Å². The molecule has 0 atom stereocenters. The van der Waals surface area contributed by atoms with Crippen LogP contribution in [0, 0.1) is 0 Å². The lowest BCUT2D eigenvalue weighted by Gasteiger charge is -2.34. The summed E-state index contributed by atoms with van der Waals surface area (Å²) in [6, 6.07) is 9.73. The van der Waals surface area contributed by atoms with Crippen molar-refractivity contribution >= 4 is 15.9 Å². The molecular formula is C20H25N3O5S. The second kappa shape index (κ2) is 9.23. The molecule has 156 valence electrons. The van der Waals surface area contributed by atoms with Gasteiger partial charge in [0.05, 0.1) is 18.1 Å². The standard InChI is InChI=1S/C20H25N3O5S/c1-3-27-16-7-9-17(10-8-16)29(25,26)23-14-12-22(13-15-23)20(24)18-6-5-11-21-19(18)28-4-2/h5-11H,3-4,12-15H2,1-2H3. The number of ether oxygens (including phenoxy) is 2. The van der Waals surface area contributed by atoms with Crippen molar-refractivity contribution in [2.24, 2.45) is 0 Å². The van der Waals surface area contributed by atoms with Gasteiger partial charge in [-0.15, -0.1) is 0 Å². The summed E-state index contributed by atoms with van der Waals surface area (Å²) < 4.78 is 38.0. The number of carbonyl (C=O) groups excluding carboxylic acids is 1. The van der Waals surface area contributed by atoms with Crippen LogP contribution in [-0.4, -0.2) is 67.9 Å². The van der Waals surface area contributed by atoms with Crippen LogP contribution in [0.4, 0.5) is 0 Å². The minimum absolute atomic E-state index is 0.209. The number of aromatic nitrogens is 1. The minimum atomic E-state index is -3.62. The number of hydrogen-bond donors (Lipinski definition) is 0. The normalized spacial score (nSPS) is 15.2. The smallest absolute Gasteiger partial charge is 0.259 e. The van der Waals surface area contributed by atoms with E-state index in [0.29, 0.717) is 43.5 Å². The Balaban J connectivity index is 1.67.